The number of hydrogen-bond donors (Lipinski definition) is 0. The lowest BCUT2D eigenvalue weighted by atomic mass is 9.96. The molecule has 2 heteroatoms. The summed E-state index contributed by atoms with van der Waals surface area (Å²) < 4.78 is 6.19. The molecule has 11 rings (SSSR count). The minimum atomic E-state index is 0.910. The predicted octanol–water partition coefficient (Wildman–Crippen LogP) is 16.5. The standard InChI is InChI=1S/C58H39NO/c1-3-11-40(12-4-1)41-19-21-42(22-20-41)44-27-32-49(33-28-44)59(56-38-37-51(47-13-5-2-6-14-47)52-15-7-8-16-53(52)56)50-34-29-45(30-35-50)43-23-25-46(26-24-43)48-31-36-55-54-17-9-10-18-57(54)60-58(55)39-48/h1-39H. The molecule has 10 aromatic carbocycles. The van der Waals surface area contributed by atoms with Gasteiger partial charge in [0.25, 0.3) is 0 Å². The summed E-state index contributed by atoms with van der Waals surface area (Å²) in [6.07, 6.45) is 0. The fraction of sp³-hybridized carbons (Fsp3) is 0. The smallest absolute Gasteiger partial charge is 0.136 e. The molecule has 11 aromatic rings. The quantitative estimate of drug-likeness (QED) is 0.153. The van der Waals surface area contributed by atoms with Crippen LogP contribution in [0.1, 0.15) is 0 Å². The summed E-state index contributed by atoms with van der Waals surface area (Å²) in [6, 6.07) is 84.9. The van der Waals surface area contributed by atoms with Crippen LogP contribution in [0.25, 0.3) is 88.3 Å². The van der Waals surface area contributed by atoms with E-state index >= 15 is 0 Å². The molecule has 0 saturated heterocycles. The van der Waals surface area contributed by atoms with Crippen LogP contribution in [0.3, 0.4) is 0 Å². The molecule has 0 unspecified atom stereocenters. The fourth-order valence-corrected chi connectivity index (χ4v) is 8.63. The first-order valence-corrected chi connectivity index (χ1v) is 20.5. The molecule has 2 nitrogen and oxygen atoms in total. The minimum absolute atomic E-state index is 0.910. The van der Waals surface area contributed by atoms with E-state index < -0.39 is 0 Å². The third kappa shape index (κ3) is 6.51. The maximum absolute atomic E-state index is 6.19. The van der Waals surface area contributed by atoms with Crippen LogP contribution in [-0.4, -0.2) is 0 Å². The van der Waals surface area contributed by atoms with Gasteiger partial charge in [-0.15, -0.1) is 0 Å². The second-order valence-corrected chi connectivity index (χ2v) is 15.3. The van der Waals surface area contributed by atoms with Crippen LogP contribution in [0.5, 0.6) is 0 Å². The third-order valence-electron chi connectivity index (χ3n) is 11.7. The van der Waals surface area contributed by atoms with Gasteiger partial charge in [-0.3, -0.25) is 0 Å². The van der Waals surface area contributed by atoms with Gasteiger partial charge in [0.2, 0.25) is 0 Å². The van der Waals surface area contributed by atoms with Gasteiger partial charge in [-0.2, -0.15) is 0 Å². The number of furan rings is 1. The van der Waals surface area contributed by atoms with Crippen molar-refractivity contribution in [1.29, 1.82) is 0 Å². The molecule has 1 aromatic heterocycles. The molecule has 0 N–H and O–H groups in total. The van der Waals surface area contributed by atoms with E-state index in [9.17, 15) is 0 Å². The van der Waals surface area contributed by atoms with Crippen molar-refractivity contribution in [2.45, 2.75) is 0 Å². The van der Waals surface area contributed by atoms with Gasteiger partial charge in [-0.1, -0.05) is 188 Å². The van der Waals surface area contributed by atoms with Crippen molar-refractivity contribution in [3.8, 4) is 55.6 Å². The van der Waals surface area contributed by atoms with Crippen LogP contribution >= 0.6 is 0 Å². The number of benzene rings is 10. The SMILES string of the molecule is c1ccc(-c2ccc(-c3ccc(N(c4ccc(-c5ccc(-c6ccc7c(c6)oc6ccccc67)cc5)cc4)c4ccc(-c5ccccc5)c5ccccc45)cc3)cc2)cc1. The van der Waals surface area contributed by atoms with E-state index in [1.807, 2.05) is 12.1 Å². The van der Waals surface area contributed by atoms with Crippen molar-refractivity contribution in [3.05, 3.63) is 237 Å². The lowest BCUT2D eigenvalue weighted by Gasteiger charge is -2.28. The summed E-state index contributed by atoms with van der Waals surface area (Å²) in [5.74, 6) is 0. The van der Waals surface area contributed by atoms with Crippen LogP contribution < -0.4 is 4.90 Å². The van der Waals surface area contributed by atoms with E-state index in [0.717, 1.165) is 55.7 Å². The van der Waals surface area contributed by atoms with Gasteiger partial charge >= 0.3 is 0 Å². The highest BCUT2D eigenvalue weighted by Crippen LogP contribution is 2.43. The Morgan fingerprint density at radius 1 is 0.250 bits per heavy atom. The second kappa shape index (κ2) is 15.1. The Morgan fingerprint density at radius 3 is 1.22 bits per heavy atom. The van der Waals surface area contributed by atoms with E-state index in [1.165, 1.54) is 49.7 Å². The van der Waals surface area contributed by atoms with Crippen molar-refractivity contribution in [2.24, 2.45) is 0 Å². The fourth-order valence-electron chi connectivity index (χ4n) is 8.63. The minimum Gasteiger partial charge on any atom is -0.456 e. The summed E-state index contributed by atoms with van der Waals surface area (Å²) in [5, 5.41) is 4.71. The molecule has 0 aliphatic heterocycles. The summed E-state index contributed by atoms with van der Waals surface area (Å²) in [5.41, 5.74) is 17.0. The average molecular weight is 766 g/mol. The van der Waals surface area contributed by atoms with Crippen molar-refractivity contribution >= 4 is 49.8 Å². The van der Waals surface area contributed by atoms with E-state index in [4.69, 9.17) is 4.42 Å². The average Bonchev–Trinajstić information content (AvgIpc) is 3.71. The molecule has 0 saturated carbocycles. The van der Waals surface area contributed by atoms with E-state index in [2.05, 4.69) is 229 Å². The highest BCUT2D eigenvalue weighted by atomic mass is 16.3. The number of nitrogens with zero attached hydrogens (tertiary/aromatic N) is 1. The van der Waals surface area contributed by atoms with Gasteiger partial charge in [0, 0.05) is 27.5 Å². The summed E-state index contributed by atoms with van der Waals surface area (Å²) in [7, 11) is 0. The zero-order chi connectivity index (χ0) is 39.8. The zero-order valence-corrected chi connectivity index (χ0v) is 32.9. The molecule has 1 heterocycles. The maximum Gasteiger partial charge on any atom is 0.136 e. The van der Waals surface area contributed by atoms with Crippen LogP contribution in [0.2, 0.25) is 0 Å². The Morgan fingerprint density at radius 2 is 0.650 bits per heavy atom. The van der Waals surface area contributed by atoms with Crippen LogP contribution in [0.4, 0.5) is 17.1 Å². The van der Waals surface area contributed by atoms with Crippen LogP contribution in [0, 0.1) is 0 Å². The summed E-state index contributed by atoms with van der Waals surface area (Å²) >= 11 is 0. The molecular weight excluding hydrogens is 727 g/mol. The van der Waals surface area contributed by atoms with Gasteiger partial charge in [0.05, 0.1) is 5.69 Å². The molecule has 0 aliphatic carbocycles. The Bertz CT molecular complexity index is 3260. The van der Waals surface area contributed by atoms with Gasteiger partial charge in [0.1, 0.15) is 11.2 Å². The molecule has 0 spiro atoms. The number of rotatable bonds is 8. The lowest BCUT2D eigenvalue weighted by Crippen LogP contribution is -2.10. The van der Waals surface area contributed by atoms with Gasteiger partial charge in [-0.25, -0.2) is 0 Å². The highest BCUT2D eigenvalue weighted by molar-refractivity contribution is 6.07. The molecular formula is C58H39NO. The maximum atomic E-state index is 6.19. The normalized spacial score (nSPS) is 11.3. The van der Waals surface area contributed by atoms with Gasteiger partial charge < -0.3 is 9.32 Å². The molecule has 0 bridgehead atoms. The largest absolute Gasteiger partial charge is 0.456 e. The molecule has 60 heavy (non-hydrogen) atoms. The monoisotopic (exact) mass is 765 g/mol. The first kappa shape index (κ1) is 35.2. The van der Waals surface area contributed by atoms with Crippen molar-refractivity contribution < 1.29 is 4.42 Å². The summed E-state index contributed by atoms with van der Waals surface area (Å²) in [4.78, 5) is 2.39. The Kier molecular flexibility index (Phi) is 8.87. The molecule has 0 aliphatic rings. The van der Waals surface area contributed by atoms with Crippen molar-refractivity contribution in [2.75, 3.05) is 4.90 Å². The van der Waals surface area contributed by atoms with E-state index in [-0.39, 0.29) is 0 Å². The molecule has 0 radical (unpaired) electrons. The third-order valence-corrected chi connectivity index (χ3v) is 11.7. The number of para-hydroxylation sites is 1. The Hall–Kier alpha value is -7.94. The Labute approximate surface area is 349 Å². The number of fused-ring (bicyclic) bond motifs is 4. The van der Waals surface area contributed by atoms with E-state index in [1.54, 1.807) is 0 Å². The van der Waals surface area contributed by atoms with Crippen LogP contribution in [-0.2, 0) is 0 Å². The first-order chi connectivity index (χ1) is 29.7. The molecule has 0 fully saturated rings. The predicted molar refractivity (Wildman–Crippen MR) is 253 cm³/mol. The number of anilines is 3. The van der Waals surface area contributed by atoms with Crippen molar-refractivity contribution in [3.63, 3.8) is 0 Å². The van der Waals surface area contributed by atoms with Crippen molar-refractivity contribution in [1.82, 2.24) is 0 Å². The van der Waals surface area contributed by atoms with E-state index in [0.29, 0.717) is 0 Å². The highest BCUT2D eigenvalue weighted by Gasteiger charge is 2.18. The van der Waals surface area contributed by atoms with Crippen LogP contribution in [0.15, 0.2) is 241 Å². The number of hydrogen-bond acceptors (Lipinski definition) is 2. The Balaban J connectivity index is 0.942. The van der Waals surface area contributed by atoms with Gasteiger partial charge in [0.15, 0.2) is 0 Å². The molecule has 282 valence electrons. The lowest BCUT2D eigenvalue weighted by molar-refractivity contribution is 0.669. The summed E-state index contributed by atoms with van der Waals surface area (Å²) in [6.45, 7) is 0. The molecule has 0 atom stereocenters. The topological polar surface area (TPSA) is 16.4 Å². The first-order valence-electron chi connectivity index (χ1n) is 20.5. The van der Waals surface area contributed by atoms with Gasteiger partial charge in [-0.05, 0) is 110 Å². The second-order valence-electron chi connectivity index (χ2n) is 15.3. The molecule has 0 amide bonds. The zero-order valence-electron chi connectivity index (χ0n) is 32.9.